The Balaban J connectivity index is 1.97. The highest BCUT2D eigenvalue weighted by molar-refractivity contribution is 5.81. The van der Waals surface area contributed by atoms with E-state index < -0.39 is 5.60 Å². The molecule has 2 unspecified atom stereocenters. The van der Waals surface area contributed by atoms with Gasteiger partial charge in [-0.15, -0.1) is 0 Å². The van der Waals surface area contributed by atoms with Gasteiger partial charge in [0.05, 0.1) is 11.1 Å². The van der Waals surface area contributed by atoms with Gasteiger partial charge in [-0.05, 0) is 36.5 Å². The molecule has 1 aromatic carbocycles. The summed E-state index contributed by atoms with van der Waals surface area (Å²) in [5, 5.41) is 12.1. The lowest BCUT2D eigenvalue weighted by atomic mass is 9.83. The van der Waals surface area contributed by atoms with Gasteiger partial charge in [-0.3, -0.25) is 4.98 Å². The van der Waals surface area contributed by atoms with Gasteiger partial charge in [-0.1, -0.05) is 38.0 Å². The maximum atomic E-state index is 10.9. The van der Waals surface area contributed by atoms with Crippen molar-refractivity contribution >= 4 is 10.9 Å². The van der Waals surface area contributed by atoms with Crippen LogP contribution in [0.5, 0.6) is 0 Å². The number of aromatic nitrogens is 1. The predicted molar refractivity (Wildman–Crippen MR) is 78.0 cm³/mol. The van der Waals surface area contributed by atoms with E-state index in [0.29, 0.717) is 5.92 Å². The molecule has 2 atom stereocenters. The van der Waals surface area contributed by atoms with E-state index >= 15 is 0 Å². The molecule has 1 aliphatic rings. The third kappa shape index (κ3) is 2.25. The minimum absolute atomic E-state index is 0.444. The zero-order chi connectivity index (χ0) is 13.3. The van der Waals surface area contributed by atoms with Crippen molar-refractivity contribution < 1.29 is 5.11 Å². The van der Waals surface area contributed by atoms with Crippen LogP contribution in [-0.4, -0.2) is 15.7 Å². The number of benzene rings is 1. The first-order valence-corrected chi connectivity index (χ1v) is 7.28. The SMILES string of the molecule is CCC1CCCC1(O)Cc1ccnc2ccccc12. The summed E-state index contributed by atoms with van der Waals surface area (Å²) in [7, 11) is 0. The van der Waals surface area contributed by atoms with Gasteiger partial charge in [0, 0.05) is 18.0 Å². The van der Waals surface area contributed by atoms with Crippen molar-refractivity contribution in [1.82, 2.24) is 4.98 Å². The molecule has 0 amide bonds. The van der Waals surface area contributed by atoms with Gasteiger partial charge in [0.25, 0.3) is 0 Å². The van der Waals surface area contributed by atoms with E-state index in [9.17, 15) is 5.11 Å². The molecule has 0 spiro atoms. The molecule has 1 fully saturated rings. The fraction of sp³-hybridized carbons (Fsp3) is 0.471. The third-order valence-electron chi connectivity index (χ3n) is 4.65. The summed E-state index contributed by atoms with van der Waals surface area (Å²) in [5.74, 6) is 0.444. The largest absolute Gasteiger partial charge is 0.389 e. The highest BCUT2D eigenvalue weighted by Crippen LogP contribution is 2.40. The molecule has 3 rings (SSSR count). The molecule has 19 heavy (non-hydrogen) atoms. The molecule has 0 bridgehead atoms. The average Bonchev–Trinajstić information content (AvgIpc) is 2.80. The van der Waals surface area contributed by atoms with Gasteiger partial charge in [0.2, 0.25) is 0 Å². The van der Waals surface area contributed by atoms with Gasteiger partial charge in [0.15, 0.2) is 0 Å². The Morgan fingerprint density at radius 3 is 3.00 bits per heavy atom. The lowest BCUT2D eigenvalue weighted by Crippen LogP contribution is -2.35. The molecule has 1 heterocycles. The molecule has 1 N–H and O–H groups in total. The second-order valence-electron chi connectivity index (χ2n) is 5.76. The zero-order valence-corrected chi connectivity index (χ0v) is 11.5. The first-order valence-electron chi connectivity index (χ1n) is 7.28. The second-order valence-corrected chi connectivity index (χ2v) is 5.76. The lowest BCUT2D eigenvalue weighted by molar-refractivity contribution is 0.00174. The lowest BCUT2D eigenvalue weighted by Gasteiger charge is -2.30. The molecule has 0 saturated heterocycles. The van der Waals surface area contributed by atoms with Gasteiger partial charge in [-0.25, -0.2) is 0 Å². The number of para-hydroxylation sites is 1. The van der Waals surface area contributed by atoms with Crippen molar-refractivity contribution in [3.63, 3.8) is 0 Å². The van der Waals surface area contributed by atoms with E-state index in [1.54, 1.807) is 0 Å². The van der Waals surface area contributed by atoms with E-state index in [1.165, 1.54) is 10.9 Å². The van der Waals surface area contributed by atoms with Crippen LogP contribution >= 0.6 is 0 Å². The summed E-state index contributed by atoms with van der Waals surface area (Å²) in [5.41, 5.74) is 1.74. The molecule has 1 aromatic heterocycles. The van der Waals surface area contributed by atoms with E-state index in [1.807, 2.05) is 24.4 Å². The summed E-state index contributed by atoms with van der Waals surface area (Å²) in [6.45, 7) is 2.19. The summed E-state index contributed by atoms with van der Waals surface area (Å²) < 4.78 is 0. The minimum Gasteiger partial charge on any atom is -0.389 e. The van der Waals surface area contributed by atoms with Crippen molar-refractivity contribution in [3.8, 4) is 0 Å². The molecule has 1 saturated carbocycles. The highest BCUT2D eigenvalue weighted by Gasteiger charge is 2.40. The fourth-order valence-electron chi connectivity index (χ4n) is 3.58. The van der Waals surface area contributed by atoms with Crippen LogP contribution in [0.25, 0.3) is 10.9 Å². The minimum atomic E-state index is -0.515. The normalized spacial score (nSPS) is 26.9. The van der Waals surface area contributed by atoms with Crippen molar-refractivity contribution in [3.05, 3.63) is 42.1 Å². The van der Waals surface area contributed by atoms with Crippen LogP contribution in [0.2, 0.25) is 0 Å². The van der Waals surface area contributed by atoms with Crippen LogP contribution < -0.4 is 0 Å². The average molecular weight is 255 g/mol. The first kappa shape index (κ1) is 12.6. The number of rotatable bonds is 3. The highest BCUT2D eigenvalue weighted by atomic mass is 16.3. The van der Waals surface area contributed by atoms with Gasteiger partial charge in [-0.2, -0.15) is 0 Å². The molecular formula is C17H21NO. The second kappa shape index (κ2) is 4.93. The first-order chi connectivity index (χ1) is 9.23. The van der Waals surface area contributed by atoms with Crippen molar-refractivity contribution in [1.29, 1.82) is 0 Å². The Bertz CT molecular complexity index is 575. The van der Waals surface area contributed by atoms with Crippen LogP contribution in [-0.2, 0) is 6.42 Å². The van der Waals surface area contributed by atoms with E-state index in [-0.39, 0.29) is 0 Å². The van der Waals surface area contributed by atoms with E-state index in [4.69, 9.17) is 0 Å². The number of nitrogens with zero attached hydrogens (tertiary/aromatic N) is 1. The van der Waals surface area contributed by atoms with Gasteiger partial charge in [0.1, 0.15) is 0 Å². The Hall–Kier alpha value is -1.41. The molecule has 2 aromatic rings. The zero-order valence-electron chi connectivity index (χ0n) is 11.5. The summed E-state index contributed by atoms with van der Waals surface area (Å²) >= 11 is 0. The molecule has 100 valence electrons. The van der Waals surface area contributed by atoms with E-state index in [2.05, 4.69) is 24.0 Å². The molecular weight excluding hydrogens is 234 g/mol. The fourth-order valence-corrected chi connectivity index (χ4v) is 3.58. The van der Waals surface area contributed by atoms with Crippen molar-refractivity contribution in [2.75, 3.05) is 0 Å². The number of hydrogen-bond acceptors (Lipinski definition) is 2. The predicted octanol–water partition coefficient (Wildman–Crippen LogP) is 3.72. The Kier molecular flexibility index (Phi) is 3.28. The number of pyridine rings is 1. The smallest absolute Gasteiger partial charge is 0.0716 e. The van der Waals surface area contributed by atoms with Crippen LogP contribution in [0.1, 0.15) is 38.2 Å². The number of aliphatic hydroxyl groups is 1. The monoisotopic (exact) mass is 255 g/mol. The van der Waals surface area contributed by atoms with Crippen LogP contribution in [0.4, 0.5) is 0 Å². The number of fused-ring (bicyclic) bond motifs is 1. The summed E-state index contributed by atoms with van der Waals surface area (Å²) in [6.07, 6.45) is 6.93. The Morgan fingerprint density at radius 1 is 1.32 bits per heavy atom. The maximum absolute atomic E-state index is 10.9. The topological polar surface area (TPSA) is 33.1 Å². The molecule has 2 nitrogen and oxygen atoms in total. The van der Waals surface area contributed by atoms with Gasteiger partial charge >= 0.3 is 0 Å². The quantitative estimate of drug-likeness (QED) is 0.906. The molecule has 2 heteroatoms. The molecule has 0 aliphatic heterocycles. The van der Waals surface area contributed by atoms with Gasteiger partial charge < -0.3 is 5.11 Å². The van der Waals surface area contributed by atoms with Crippen LogP contribution in [0.3, 0.4) is 0 Å². The van der Waals surface area contributed by atoms with Crippen LogP contribution in [0.15, 0.2) is 36.5 Å². The third-order valence-corrected chi connectivity index (χ3v) is 4.65. The Labute approximate surface area is 114 Å². The van der Waals surface area contributed by atoms with Crippen molar-refractivity contribution in [2.45, 2.75) is 44.6 Å². The van der Waals surface area contributed by atoms with Crippen LogP contribution in [0, 0.1) is 5.92 Å². The molecule has 1 aliphatic carbocycles. The summed E-state index contributed by atoms with van der Waals surface area (Å²) in [4.78, 5) is 4.40. The number of hydrogen-bond donors (Lipinski definition) is 1. The standard InChI is InChI=1S/C17H21NO/c1-2-14-6-5-10-17(14,19)12-13-9-11-18-16-8-4-3-7-15(13)16/h3-4,7-9,11,14,19H,2,5-6,10,12H2,1H3. The molecule has 0 radical (unpaired) electrons. The van der Waals surface area contributed by atoms with E-state index in [0.717, 1.165) is 37.6 Å². The Morgan fingerprint density at radius 2 is 2.16 bits per heavy atom. The summed E-state index contributed by atoms with van der Waals surface area (Å²) in [6, 6.07) is 10.3. The van der Waals surface area contributed by atoms with Crippen molar-refractivity contribution in [2.24, 2.45) is 5.92 Å². The maximum Gasteiger partial charge on any atom is 0.0716 e.